The second-order valence-electron chi connectivity index (χ2n) is 3.63. The van der Waals surface area contributed by atoms with Crippen LogP contribution in [0.3, 0.4) is 0 Å². The van der Waals surface area contributed by atoms with Gasteiger partial charge in [0.15, 0.2) is 0 Å². The number of hydrogen-bond acceptors (Lipinski definition) is 2. The summed E-state index contributed by atoms with van der Waals surface area (Å²) in [4.78, 5) is 11.1. The summed E-state index contributed by atoms with van der Waals surface area (Å²) in [5.74, 6) is 0.596. The van der Waals surface area contributed by atoms with Crippen LogP contribution in [-0.4, -0.2) is 12.1 Å². The topological polar surface area (TPSA) is 26.3 Å². The Bertz CT molecular complexity index is 148. The van der Waals surface area contributed by atoms with Crippen LogP contribution in [0.4, 0.5) is 0 Å². The summed E-state index contributed by atoms with van der Waals surface area (Å²) < 4.78 is 5.20. The zero-order valence-electron chi connectivity index (χ0n) is 7.46. The van der Waals surface area contributed by atoms with E-state index in [-0.39, 0.29) is 18.0 Å². The Morgan fingerprint density at radius 1 is 1.36 bits per heavy atom. The fourth-order valence-corrected chi connectivity index (χ4v) is 0.981. The Hall–Kier alpha value is -0.530. The maximum atomic E-state index is 11.1. The highest BCUT2D eigenvalue weighted by Crippen LogP contribution is 2.34. The van der Waals surface area contributed by atoms with Crippen LogP contribution in [0.5, 0.6) is 0 Å². The zero-order chi connectivity index (χ0) is 8.43. The van der Waals surface area contributed by atoms with Crippen molar-refractivity contribution in [2.75, 3.05) is 0 Å². The Kier molecular flexibility index (Phi) is 2.53. The summed E-state index contributed by atoms with van der Waals surface area (Å²) in [5, 5.41) is 0. The maximum absolute atomic E-state index is 11.1. The summed E-state index contributed by atoms with van der Waals surface area (Å²) in [6.45, 7) is 5.71. The molecule has 1 aliphatic carbocycles. The van der Waals surface area contributed by atoms with Gasteiger partial charge in [0.1, 0.15) is 6.10 Å². The zero-order valence-corrected chi connectivity index (χ0v) is 7.46. The minimum absolute atomic E-state index is 0.0104. The van der Waals surface area contributed by atoms with E-state index in [4.69, 9.17) is 4.74 Å². The summed E-state index contributed by atoms with van der Waals surface area (Å²) in [5.41, 5.74) is 0. The van der Waals surface area contributed by atoms with E-state index in [9.17, 15) is 4.79 Å². The highest BCUT2D eigenvalue weighted by atomic mass is 16.5. The van der Waals surface area contributed by atoms with Gasteiger partial charge in [-0.05, 0) is 25.7 Å². The fourth-order valence-electron chi connectivity index (χ4n) is 0.981. The third-order valence-corrected chi connectivity index (χ3v) is 2.06. The van der Waals surface area contributed by atoms with E-state index in [0.29, 0.717) is 5.92 Å². The number of hydrogen-bond donors (Lipinski definition) is 0. The first-order chi connectivity index (χ1) is 5.11. The number of carbonyl (C=O) groups is 1. The van der Waals surface area contributed by atoms with Gasteiger partial charge in [-0.2, -0.15) is 0 Å². The molecule has 0 aromatic heterocycles. The molecule has 1 atom stereocenters. The van der Waals surface area contributed by atoms with Gasteiger partial charge in [0.25, 0.3) is 0 Å². The van der Waals surface area contributed by atoms with Crippen LogP contribution in [0.1, 0.15) is 33.6 Å². The summed E-state index contributed by atoms with van der Waals surface area (Å²) in [7, 11) is 0. The molecule has 0 saturated heterocycles. The molecule has 0 spiro atoms. The smallest absolute Gasteiger partial charge is 0.308 e. The molecule has 1 fully saturated rings. The van der Waals surface area contributed by atoms with Crippen molar-refractivity contribution in [3.8, 4) is 0 Å². The average Bonchev–Trinajstić information content (AvgIpc) is 2.67. The molecule has 1 aliphatic rings. The second kappa shape index (κ2) is 3.24. The summed E-state index contributed by atoms with van der Waals surface area (Å²) in [6.07, 6.45) is 2.60. The SMILES string of the molecule is CC(C)C(=O)O[C@H](C)C1CC1. The van der Waals surface area contributed by atoms with Crippen molar-refractivity contribution in [1.29, 1.82) is 0 Å². The van der Waals surface area contributed by atoms with Gasteiger partial charge in [-0.25, -0.2) is 0 Å². The van der Waals surface area contributed by atoms with E-state index in [2.05, 4.69) is 0 Å². The number of ether oxygens (including phenoxy) is 1. The number of carbonyl (C=O) groups excluding carboxylic acids is 1. The van der Waals surface area contributed by atoms with Gasteiger partial charge in [-0.15, -0.1) is 0 Å². The van der Waals surface area contributed by atoms with E-state index in [1.165, 1.54) is 12.8 Å². The van der Waals surface area contributed by atoms with Crippen LogP contribution < -0.4 is 0 Å². The van der Waals surface area contributed by atoms with Crippen LogP contribution in [0.25, 0.3) is 0 Å². The molecular weight excluding hydrogens is 140 g/mol. The van der Waals surface area contributed by atoms with Crippen molar-refractivity contribution < 1.29 is 9.53 Å². The molecule has 11 heavy (non-hydrogen) atoms. The van der Waals surface area contributed by atoms with Gasteiger partial charge >= 0.3 is 5.97 Å². The lowest BCUT2D eigenvalue weighted by molar-refractivity contribution is -0.152. The van der Waals surface area contributed by atoms with Crippen LogP contribution in [-0.2, 0) is 9.53 Å². The van der Waals surface area contributed by atoms with E-state index in [0.717, 1.165) is 0 Å². The van der Waals surface area contributed by atoms with E-state index in [1.54, 1.807) is 0 Å². The van der Waals surface area contributed by atoms with E-state index < -0.39 is 0 Å². The van der Waals surface area contributed by atoms with Crippen molar-refractivity contribution in [1.82, 2.24) is 0 Å². The van der Waals surface area contributed by atoms with Crippen LogP contribution >= 0.6 is 0 Å². The third kappa shape index (κ3) is 2.52. The molecule has 0 aromatic carbocycles. The van der Waals surface area contributed by atoms with Gasteiger partial charge < -0.3 is 4.74 Å². The lowest BCUT2D eigenvalue weighted by Gasteiger charge is -2.13. The molecule has 2 heteroatoms. The van der Waals surface area contributed by atoms with Crippen molar-refractivity contribution in [3.63, 3.8) is 0 Å². The predicted octanol–water partition coefficient (Wildman–Crippen LogP) is 1.98. The summed E-state index contributed by atoms with van der Waals surface area (Å²) >= 11 is 0. The lowest BCUT2D eigenvalue weighted by atomic mass is 10.2. The second-order valence-corrected chi connectivity index (χ2v) is 3.63. The quantitative estimate of drug-likeness (QED) is 0.584. The highest BCUT2D eigenvalue weighted by molar-refractivity contribution is 5.71. The molecular formula is C9H16O2. The predicted molar refractivity (Wildman–Crippen MR) is 43.1 cm³/mol. The molecule has 0 aliphatic heterocycles. The van der Waals surface area contributed by atoms with E-state index in [1.807, 2.05) is 20.8 Å². The molecule has 0 heterocycles. The van der Waals surface area contributed by atoms with Crippen molar-refractivity contribution >= 4 is 5.97 Å². The molecule has 0 N–H and O–H groups in total. The Labute approximate surface area is 67.9 Å². The molecule has 0 radical (unpaired) electrons. The number of esters is 1. The van der Waals surface area contributed by atoms with E-state index >= 15 is 0 Å². The lowest BCUT2D eigenvalue weighted by Crippen LogP contribution is -2.20. The monoisotopic (exact) mass is 156 g/mol. The minimum Gasteiger partial charge on any atom is -0.462 e. The first-order valence-corrected chi connectivity index (χ1v) is 4.31. The molecule has 1 saturated carbocycles. The molecule has 64 valence electrons. The van der Waals surface area contributed by atoms with Gasteiger partial charge in [-0.3, -0.25) is 4.79 Å². The van der Waals surface area contributed by atoms with Crippen LogP contribution in [0.15, 0.2) is 0 Å². The van der Waals surface area contributed by atoms with Gasteiger partial charge in [0.05, 0.1) is 5.92 Å². The maximum Gasteiger partial charge on any atom is 0.308 e. The molecule has 0 unspecified atom stereocenters. The minimum atomic E-state index is -0.0654. The Morgan fingerprint density at radius 2 is 1.91 bits per heavy atom. The molecule has 0 amide bonds. The summed E-state index contributed by atoms with van der Waals surface area (Å²) in [6, 6.07) is 0. The highest BCUT2D eigenvalue weighted by Gasteiger charge is 2.30. The normalized spacial score (nSPS) is 20.0. The molecule has 1 rings (SSSR count). The fraction of sp³-hybridized carbons (Fsp3) is 0.889. The molecule has 0 bridgehead atoms. The molecule has 0 aromatic rings. The Balaban J connectivity index is 2.23. The van der Waals surface area contributed by atoms with Crippen LogP contribution in [0, 0.1) is 11.8 Å². The largest absolute Gasteiger partial charge is 0.462 e. The molecule has 2 nitrogen and oxygen atoms in total. The standard InChI is InChI=1S/C9H16O2/c1-6(2)9(10)11-7(3)8-4-5-8/h6-8H,4-5H2,1-3H3/t7-/m1/s1. The van der Waals surface area contributed by atoms with Gasteiger partial charge in [0, 0.05) is 0 Å². The van der Waals surface area contributed by atoms with Crippen molar-refractivity contribution in [3.05, 3.63) is 0 Å². The van der Waals surface area contributed by atoms with Gasteiger partial charge in [0.2, 0.25) is 0 Å². The van der Waals surface area contributed by atoms with Crippen LogP contribution in [0.2, 0.25) is 0 Å². The average molecular weight is 156 g/mol. The first kappa shape index (κ1) is 8.57. The first-order valence-electron chi connectivity index (χ1n) is 4.31. The van der Waals surface area contributed by atoms with Crippen molar-refractivity contribution in [2.24, 2.45) is 11.8 Å². The Morgan fingerprint density at radius 3 is 2.27 bits per heavy atom. The van der Waals surface area contributed by atoms with Crippen molar-refractivity contribution in [2.45, 2.75) is 39.7 Å². The number of rotatable bonds is 3. The third-order valence-electron chi connectivity index (χ3n) is 2.06. The van der Waals surface area contributed by atoms with Gasteiger partial charge in [-0.1, -0.05) is 13.8 Å².